The molecule has 0 radical (unpaired) electrons. The van der Waals surface area contributed by atoms with Gasteiger partial charge in [-0.05, 0) is 20.9 Å². The van der Waals surface area contributed by atoms with Crippen LogP contribution in [0.2, 0.25) is 0 Å². The topological polar surface area (TPSA) is 67.4 Å². The molecule has 0 heterocycles. The summed E-state index contributed by atoms with van der Waals surface area (Å²) in [5.41, 5.74) is 0. The van der Waals surface area contributed by atoms with Crippen LogP contribution in [0.15, 0.2) is 0 Å². The van der Waals surface area contributed by atoms with Crippen LogP contribution in [-0.2, 0) is 14.3 Å². The first-order valence-electron chi connectivity index (χ1n) is 6.01. The molecule has 0 saturated carbocycles. The minimum Gasteiger partial charge on any atom is -0.463 e. The van der Waals surface area contributed by atoms with E-state index in [0.29, 0.717) is 13.1 Å². The Morgan fingerprint density at radius 1 is 1.06 bits per heavy atom. The lowest BCUT2D eigenvalue weighted by Gasteiger charge is -2.16. The number of hydrogen-bond acceptors (Lipinski definition) is 4. The minimum absolute atomic E-state index is 0.0523. The molecule has 2 atom stereocenters. The minimum atomic E-state index is -0.317. The van der Waals surface area contributed by atoms with E-state index in [-0.39, 0.29) is 29.8 Å². The first-order chi connectivity index (χ1) is 7.88. The molecular formula is C12H24N2O3. The SMILES string of the molecule is CNCC(C)C(=O)NCC(C)C(=O)OC(C)C. The summed E-state index contributed by atoms with van der Waals surface area (Å²) in [6.45, 7) is 8.13. The zero-order chi connectivity index (χ0) is 13.4. The Hall–Kier alpha value is -1.10. The van der Waals surface area contributed by atoms with Crippen LogP contribution in [-0.4, -0.2) is 38.1 Å². The largest absolute Gasteiger partial charge is 0.463 e. The summed E-state index contributed by atoms with van der Waals surface area (Å²) in [4.78, 5) is 23.1. The van der Waals surface area contributed by atoms with E-state index in [2.05, 4.69) is 10.6 Å². The molecule has 5 nitrogen and oxygen atoms in total. The second-order valence-electron chi connectivity index (χ2n) is 4.59. The van der Waals surface area contributed by atoms with Crippen LogP contribution >= 0.6 is 0 Å². The van der Waals surface area contributed by atoms with Crippen molar-refractivity contribution in [2.75, 3.05) is 20.1 Å². The predicted octanol–water partition coefficient (Wildman–Crippen LogP) is 0.546. The molecule has 0 aromatic rings. The predicted molar refractivity (Wildman–Crippen MR) is 66.5 cm³/mol. The highest BCUT2D eigenvalue weighted by atomic mass is 16.5. The van der Waals surface area contributed by atoms with Crippen molar-refractivity contribution in [2.45, 2.75) is 33.8 Å². The van der Waals surface area contributed by atoms with E-state index in [9.17, 15) is 9.59 Å². The Labute approximate surface area is 103 Å². The fourth-order valence-corrected chi connectivity index (χ4v) is 1.26. The van der Waals surface area contributed by atoms with Crippen molar-refractivity contribution in [1.82, 2.24) is 10.6 Å². The quantitative estimate of drug-likeness (QED) is 0.642. The van der Waals surface area contributed by atoms with Gasteiger partial charge in [0.05, 0.1) is 12.0 Å². The van der Waals surface area contributed by atoms with Gasteiger partial charge in [0.25, 0.3) is 0 Å². The van der Waals surface area contributed by atoms with Crippen molar-refractivity contribution in [3.63, 3.8) is 0 Å². The Morgan fingerprint density at radius 2 is 1.65 bits per heavy atom. The maximum atomic E-state index is 11.6. The van der Waals surface area contributed by atoms with E-state index in [0.717, 1.165) is 0 Å². The van der Waals surface area contributed by atoms with Crippen LogP contribution in [0.3, 0.4) is 0 Å². The smallest absolute Gasteiger partial charge is 0.310 e. The summed E-state index contributed by atoms with van der Waals surface area (Å²) in [6, 6.07) is 0. The fraction of sp³-hybridized carbons (Fsp3) is 0.833. The third-order valence-electron chi connectivity index (χ3n) is 2.29. The molecule has 5 heteroatoms. The van der Waals surface area contributed by atoms with Crippen LogP contribution in [0.25, 0.3) is 0 Å². The first-order valence-corrected chi connectivity index (χ1v) is 6.01. The molecule has 0 aromatic carbocycles. The third-order valence-corrected chi connectivity index (χ3v) is 2.29. The van der Waals surface area contributed by atoms with Crippen LogP contribution < -0.4 is 10.6 Å². The van der Waals surface area contributed by atoms with E-state index < -0.39 is 0 Å². The van der Waals surface area contributed by atoms with Gasteiger partial charge in [-0.1, -0.05) is 13.8 Å². The molecule has 0 aliphatic rings. The Balaban J connectivity index is 3.94. The average Bonchev–Trinajstić information content (AvgIpc) is 2.24. The summed E-state index contributed by atoms with van der Waals surface area (Å²) in [5.74, 6) is -0.749. The molecular weight excluding hydrogens is 220 g/mol. The number of rotatable bonds is 7. The maximum absolute atomic E-state index is 11.6. The van der Waals surface area contributed by atoms with Gasteiger partial charge in [0.2, 0.25) is 5.91 Å². The molecule has 0 aliphatic heterocycles. The van der Waals surface area contributed by atoms with Gasteiger partial charge in [0.1, 0.15) is 0 Å². The van der Waals surface area contributed by atoms with Crippen molar-refractivity contribution >= 4 is 11.9 Å². The fourth-order valence-electron chi connectivity index (χ4n) is 1.26. The van der Waals surface area contributed by atoms with E-state index >= 15 is 0 Å². The summed E-state index contributed by atoms with van der Waals surface area (Å²) in [5, 5.41) is 5.67. The highest BCUT2D eigenvalue weighted by molar-refractivity contribution is 5.79. The third kappa shape index (κ3) is 6.94. The number of carbonyl (C=O) groups excluding carboxylic acids is 2. The van der Waals surface area contributed by atoms with E-state index in [1.165, 1.54) is 0 Å². The molecule has 0 rings (SSSR count). The maximum Gasteiger partial charge on any atom is 0.310 e. The summed E-state index contributed by atoms with van der Waals surface area (Å²) >= 11 is 0. The van der Waals surface area contributed by atoms with Crippen molar-refractivity contribution < 1.29 is 14.3 Å². The molecule has 1 amide bonds. The molecule has 0 aliphatic carbocycles. The molecule has 100 valence electrons. The van der Waals surface area contributed by atoms with Gasteiger partial charge in [-0.2, -0.15) is 0 Å². The van der Waals surface area contributed by atoms with Crippen LogP contribution in [0.1, 0.15) is 27.7 Å². The standard InChI is InChI=1S/C12H24N2O3/c1-8(2)17-12(16)10(4)7-14-11(15)9(3)6-13-5/h8-10,13H,6-7H2,1-5H3,(H,14,15). The van der Waals surface area contributed by atoms with Crippen molar-refractivity contribution in [3.05, 3.63) is 0 Å². The van der Waals surface area contributed by atoms with Gasteiger partial charge in [-0.3, -0.25) is 9.59 Å². The van der Waals surface area contributed by atoms with Crippen LogP contribution in [0, 0.1) is 11.8 Å². The van der Waals surface area contributed by atoms with Gasteiger partial charge < -0.3 is 15.4 Å². The number of nitrogens with one attached hydrogen (secondary N) is 2. The van der Waals surface area contributed by atoms with Gasteiger partial charge in [-0.25, -0.2) is 0 Å². The van der Waals surface area contributed by atoms with E-state index in [1.807, 2.05) is 6.92 Å². The van der Waals surface area contributed by atoms with Crippen molar-refractivity contribution in [1.29, 1.82) is 0 Å². The monoisotopic (exact) mass is 244 g/mol. The number of esters is 1. The lowest BCUT2D eigenvalue weighted by Crippen LogP contribution is -2.38. The summed E-state index contributed by atoms with van der Waals surface area (Å²) in [7, 11) is 1.80. The van der Waals surface area contributed by atoms with Gasteiger partial charge in [0.15, 0.2) is 0 Å². The number of ether oxygens (including phenoxy) is 1. The molecule has 2 unspecified atom stereocenters. The van der Waals surface area contributed by atoms with Crippen molar-refractivity contribution in [3.8, 4) is 0 Å². The molecule has 0 bridgehead atoms. The summed E-state index contributed by atoms with van der Waals surface area (Å²) in [6.07, 6.45) is -0.121. The Kier molecular flexibility index (Phi) is 7.54. The zero-order valence-corrected chi connectivity index (χ0v) is 11.4. The second-order valence-corrected chi connectivity index (χ2v) is 4.59. The number of carbonyl (C=O) groups is 2. The molecule has 0 spiro atoms. The number of hydrogen-bond donors (Lipinski definition) is 2. The Morgan fingerprint density at radius 3 is 2.12 bits per heavy atom. The van der Waals surface area contributed by atoms with Gasteiger partial charge in [0, 0.05) is 19.0 Å². The van der Waals surface area contributed by atoms with E-state index in [1.54, 1.807) is 27.8 Å². The van der Waals surface area contributed by atoms with Crippen molar-refractivity contribution in [2.24, 2.45) is 11.8 Å². The molecule has 17 heavy (non-hydrogen) atoms. The Bertz CT molecular complexity index is 254. The zero-order valence-electron chi connectivity index (χ0n) is 11.4. The molecule has 0 aromatic heterocycles. The molecule has 2 N–H and O–H groups in total. The van der Waals surface area contributed by atoms with Crippen LogP contribution in [0.5, 0.6) is 0 Å². The molecule has 0 fully saturated rings. The second kappa shape index (κ2) is 8.06. The summed E-state index contributed by atoms with van der Waals surface area (Å²) < 4.78 is 5.05. The highest BCUT2D eigenvalue weighted by Gasteiger charge is 2.18. The lowest BCUT2D eigenvalue weighted by atomic mass is 10.1. The first kappa shape index (κ1) is 15.9. The van der Waals surface area contributed by atoms with Gasteiger partial charge in [-0.15, -0.1) is 0 Å². The highest BCUT2D eigenvalue weighted by Crippen LogP contribution is 2.01. The van der Waals surface area contributed by atoms with Gasteiger partial charge >= 0.3 is 5.97 Å². The number of amides is 1. The normalized spacial score (nSPS) is 14.2. The average molecular weight is 244 g/mol. The lowest BCUT2D eigenvalue weighted by molar-refractivity contribution is -0.151. The van der Waals surface area contributed by atoms with Crippen LogP contribution in [0.4, 0.5) is 0 Å². The van der Waals surface area contributed by atoms with E-state index in [4.69, 9.17) is 4.74 Å². The molecule has 0 saturated heterocycles.